The van der Waals surface area contributed by atoms with Crippen molar-refractivity contribution < 1.29 is 0 Å². The minimum Gasteiger partial charge on any atom is -0.0614 e. The van der Waals surface area contributed by atoms with Crippen molar-refractivity contribution in [3.05, 3.63) is 59.7 Å². The highest BCUT2D eigenvalue weighted by molar-refractivity contribution is 5.64. The van der Waals surface area contributed by atoms with Crippen molar-refractivity contribution in [1.82, 2.24) is 0 Å². The molecule has 0 aromatic heterocycles. The maximum Gasteiger partial charge on any atom is -0.0181 e. The molecule has 0 nitrogen and oxygen atoms in total. The Balaban J connectivity index is 2.44. The van der Waals surface area contributed by atoms with Crippen LogP contribution < -0.4 is 0 Å². The first-order valence-corrected chi connectivity index (χ1v) is 4.89. The number of benzene rings is 2. The van der Waals surface area contributed by atoms with Crippen LogP contribution in [-0.4, -0.2) is 0 Å². The van der Waals surface area contributed by atoms with E-state index in [2.05, 4.69) is 62.4 Å². The summed E-state index contributed by atoms with van der Waals surface area (Å²) in [5.41, 5.74) is 5.20. The normalized spacial score (nSPS) is 10.1. The third-order valence-electron chi connectivity index (χ3n) is 2.40. The highest BCUT2D eigenvalue weighted by atomic mass is 14.0. The minimum absolute atomic E-state index is 1.29. The predicted molar refractivity (Wildman–Crippen MR) is 61.4 cm³/mol. The van der Waals surface area contributed by atoms with Crippen molar-refractivity contribution in [2.24, 2.45) is 0 Å². The monoisotopic (exact) mass is 182 g/mol. The first-order valence-electron chi connectivity index (χ1n) is 4.89. The highest BCUT2D eigenvalue weighted by Gasteiger charge is 1.96. The molecule has 0 bridgehead atoms. The molecule has 0 heteroatoms. The average molecular weight is 182 g/mol. The largest absolute Gasteiger partial charge is 0.0614 e. The molecule has 2 rings (SSSR count). The molecule has 0 aliphatic rings. The molecular formula is C14H14. The van der Waals surface area contributed by atoms with Gasteiger partial charge in [-0.05, 0) is 25.0 Å². The molecule has 2 aromatic rings. The summed E-state index contributed by atoms with van der Waals surface area (Å²) < 4.78 is 0. The maximum absolute atomic E-state index is 2.21. The zero-order chi connectivity index (χ0) is 9.97. The highest BCUT2D eigenvalue weighted by Crippen LogP contribution is 2.20. The van der Waals surface area contributed by atoms with E-state index in [0.29, 0.717) is 0 Å². The SMILES string of the molecule is Cc1ccc(-c2cccc(C)c2)cc1. The second kappa shape index (κ2) is 3.67. The van der Waals surface area contributed by atoms with Crippen LogP contribution in [0, 0.1) is 13.8 Å². The van der Waals surface area contributed by atoms with Crippen molar-refractivity contribution in [3.8, 4) is 11.1 Å². The summed E-state index contributed by atoms with van der Waals surface area (Å²) in [5.74, 6) is 0. The van der Waals surface area contributed by atoms with E-state index in [1.165, 1.54) is 22.3 Å². The topological polar surface area (TPSA) is 0 Å². The van der Waals surface area contributed by atoms with Crippen molar-refractivity contribution in [2.75, 3.05) is 0 Å². The van der Waals surface area contributed by atoms with Gasteiger partial charge in [-0.3, -0.25) is 0 Å². The van der Waals surface area contributed by atoms with Gasteiger partial charge in [-0.2, -0.15) is 0 Å². The lowest BCUT2D eigenvalue weighted by Gasteiger charge is -2.02. The number of aryl methyl sites for hydroxylation is 2. The lowest BCUT2D eigenvalue weighted by Crippen LogP contribution is -1.79. The molecule has 0 aliphatic carbocycles. The Morgan fingerprint density at radius 3 is 2.00 bits per heavy atom. The fourth-order valence-corrected chi connectivity index (χ4v) is 1.57. The molecule has 0 spiro atoms. The smallest absolute Gasteiger partial charge is 0.0181 e. The fourth-order valence-electron chi connectivity index (χ4n) is 1.57. The molecule has 0 N–H and O–H groups in total. The zero-order valence-electron chi connectivity index (χ0n) is 8.62. The molecule has 0 saturated heterocycles. The lowest BCUT2D eigenvalue weighted by molar-refractivity contribution is 1.44. The predicted octanol–water partition coefficient (Wildman–Crippen LogP) is 3.97. The zero-order valence-corrected chi connectivity index (χ0v) is 8.62. The summed E-state index contributed by atoms with van der Waals surface area (Å²) in [5, 5.41) is 0. The molecule has 0 heterocycles. The second-order valence-corrected chi connectivity index (χ2v) is 3.74. The average Bonchev–Trinajstić information content (AvgIpc) is 2.19. The minimum atomic E-state index is 1.29. The van der Waals surface area contributed by atoms with Crippen LogP contribution in [0.3, 0.4) is 0 Å². The molecule has 0 amide bonds. The van der Waals surface area contributed by atoms with E-state index in [0.717, 1.165) is 0 Å². The Morgan fingerprint density at radius 1 is 0.643 bits per heavy atom. The molecule has 0 radical (unpaired) electrons. The second-order valence-electron chi connectivity index (χ2n) is 3.74. The first kappa shape index (κ1) is 9.01. The standard InChI is InChI=1S/C14H14/c1-11-6-8-13(9-7-11)14-5-3-4-12(2)10-14/h3-10H,1-2H3. The molecule has 0 fully saturated rings. The summed E-state index contributed by atoms with van der Waals surface area (Å²) in [6.07, 6.45) is 0. The van der Waals surface area contributed by atoms with Gasteiger partial charge in [0.2, 0.25) is 0 Å². The molecule has 0 aliphatic heterocycles. The van der Waals surface area contributed by atoms with Crippen LogP contribution in [0.15, 0.2) is 48.5 Å². The van der Waals surface area contributed by atoms with Crippen LogP contribution >= 0.6 is 0 Å². The fraction of sp³-hybridized carbons (Fsp3) is 0.143. The molecule has 70 valence electrons. The number of hydrogen-bond acceptors (Lipinski definition) is 0. The molecule has 14 heavy (non-hydrogen) atoms. The quantitative estimate of drug-likeness (QED) is 0.626. The van der Waals surface area contributed by atoms with Crippen LogP contribution in [0.25, 0.3) is 11.1 Å². The lowest BCUT2D eigenvalue weighted by atomic mass is 10.0. The van der Waals surface area contributed by atoms with Gasteiger partial charge in [0.1, 0.15) is 0 Å². The van der Waals surface area contributed by atoms with Gasteiger partial charge in [0.05, 0.1) is 0 Å². The summed E-state index contributed by atoms with van der Waals surface area (Å²) >= 11 is 0. The molecule has 2 aromatic carbocycles. The maximum atomic E-state index is 2.21. The van der Waals surface area contributed by atoms with Crippen LogP contribution in [0.4, 0.5) is 0 Å². The molecule has 0 unspecified atom stereocenters. The van der Waals surface area contributed by atoms with Crippen molar-refractivity contribution in [2.45, 2.75) is 13.8 Å². The Bertz CT molecular complexity index is 424. The van der Waals surface area contributed by atoms with E-state index >= 15 is 0 Å². The van der Waals surface area contributed by atoms with Crippen LogP contribution in [0.5, 0.6) is 0 Å². The summed E-state index contributed by atoms with van der Waals surface area (Å²) in [6.45, 7) is 4.23. The number of rotatable bonds is 1. The van der Waals surface area contributed by atoms with Gasteiger partial charge < -0.3 is 0 Å². The van der Waals surface area contributed by atoms with Gasteiger partial charge in [-0.15, -0.1) is 0 Å². The third kappa shape index (κ3) is 1.85. The van der Waals surface area contributed by atoms with E-state index < -0.39 is 0 Å². The van der Waals surface area contributed by atoms with Crippen molar-refractivity contribution in [1.29, 1.82) is 0 Å². The Hall–Kier alpha value is -1.56. The van der Waals surface area contributed by atoms with Crippen LogP contribution in [-0.2, 0) is 0 Å². The van der Waals surface area contributed by atoms with Gasteiger partial charge in [0.25, 0.3) is 0 Å². The Labute approximate surface area is 85.2 Å². The van der Waals surface area contributed by atoms with Crippen LogP contribution in [0.2, 0.25) is 0 Å². The van der Waals surface area contributed by atoms with E-state index in [1.54, 1.807) is 0 Å². The van der Waals surface area contributed by atoms with E-state index in [-0.39, 0.29) is 0 Å². The molecule has 0 saturated carbocycles. The third-order valence-corrected chi connectivity index (χ3v) is 2.40. The number of hydrogen-bond donors (Lipinski definition) is 0. The van der Waals surface area contributed by atoms with Gasteiger partial charge >= 0.3 is 0 Å². The van der Waals surface area contributed by atoms with Crippen LogP contribution in [0.1, 0.15) is 11.1 Å². The van der Waals surface area contributed by atoms with E-state index in [9.17, 15) is 0 Å². The van der Waals surface area contributed by atoms with Crippen molar-refractivity contribution in [3.63, 3.8) is 0 Å². The summed E-state index contributed by atoms with van der Waals surface area (Å²) in [6, 6.07) is 17.2. The van der Waals surface area contributed by atoms with Gasteiger partial charge in [0.15, 0.2) is 0 Å². The summed E-state index contributed by atoms with van der Waals surface area (Å²) in [4.78, 5) is 0. The van der Waals surface area contributed by atoms with Gasteiger partial charge in [0, 0.05) is 0 Å². The molecule has 0 atom stereocenters. The van der Waals surface area contributed by atoms with Gasteiger partial charge in [-0.1, -0.05) is 59.7 Å². The van der Waals surface area contributed by atoms with Gasteiger partial charge in [-0.25, -0.2) is 0 Å². The van der Waals surface area contributed by atoms with E-state index in [1.807, 2.05) is 0 Å². The summed E-state index contributed by atoms with van der Waals surface area (Å²) in [7, 11) is 0. The van der Waals surface area contributed by atoms with Crippen molar-refractivity contribution >= 4 is 0 Å². The first-order chi connectivity index (χ1) is 6.75. The van der Waals surface area contributed by atoms with E-state index in [4.69, 9.17) is 0 Å². The Morgan fingerprint density at radius 2 is 1.36 bits per heavy atom. The molecular weight excluding hydrogens is 168 g/mol. The Kier molecular flexibility index (Phi) is 2.36.